The Labute approximate surface area is 169 Å². The molecule has 1 atom stereocenters. The van der Waals surface area contributed by atoms with Crippen molar-refractivity contribution in [1.29, 1.82) is 0 Å². The Morgan fingerprint density at radius 3 is 1.82 bits per heavy atom. The highest BCUT2D eigenvalue weighted by Crippen LogP contribution is 2.42. The number of hydrogen-bond acceptors (Lipinski definition) is 3. The van der Waals surface area contributed by atoms with Crippen molar-refractivity contribution in [3.05, 3.63) is 60.7 Å². The quantitative estimate of drug-likeness (QED) is 0.577. The highest BCUT2D eigenvalue weighted by molar-refractivity contribution is 6.99. The van der Waals surface area contributed by atoms with Crippen molar-refractivity contribution in [3.63, 3.8) is 0 Å². The number of nitrogens with two attached hydrogens (primary N) is 1. The topological polar surface area (TPSA) is 61.6 Å². The Bertz CT molecular complexity index is 743. The van der Waals surface area contributed by atoms with Gasteiger partial charge >= 0.3 is 0 Å². The molecule has 1 saturated carbocycles. The third-order valence-corrected chi connectivity index (χ3v) is 10.9. The van der Waals surface area contributed by atoms with E-state index in [1.165, 1.54) is 10.4 Å². The van der Waals surface area contributed by atoms with Crippen molar-refractivity contribution in [2.75, 3.05) is 7.11 Å². The minimum absolute atomic E-state index is 0.0644. The fourth-order valence-corrected chi connectivity index (χ4v) is 8.97. The lowest BCUT2D eigenvalue weighted by Crippen LogP contribution is -2.68. The Morgan fingerprint density at radius 1 is 1.00 bits per heavy atom. The molecule has 0 spiro atoms. The zero-order chi connectivity index (χ0) is 20.4. The average Bonchev–Trinajstić information content (AvgIpc) is 2.63. The normalized spacial score (nSPS) is 21.0. The lowest BCUT2D eigenvalue weighted by molar-refractivity contribution is -0.146. The van der Waals surface area contributed by atoms with Crippen molar-refractivity contribution in [3.8, 4) is 0 Å². The highest BCUT2D eigenvalue weighted by atomic mass is 28.4. The van der Waals surface area contributed by atoms with Crippen molar-refractivity contribution in [1.82, 2.24) is 0 Å². The zero-order valence-corrected chi connectivity index (χ0v) is 18.2. The number of benzene rings is 2. The van der Waals surface area contributed by atoms with Gasteiger partial charge in [0, 0.05) is 18.9 Å². The van der Waals surface area contributed by atoms with Crippen LogP contribution in [0.1, 0.15) is 33.6 Å². The summed E-state index contributed by atoms with van der Waals surface area (Å²) in [5.41, 5.74) is 5.47. The molecule has 1 aliphatic rings. The van der Waals surface area contributed by atoms with E-state index in [9.17, 15) is 4.79 Å². The van der Waals surface area contributed by atoms with Gasteiger partial charge in [0.2, 0.25) is 5.91 Å². The second-order valence-electron chi connectivity index (χ2n) is 8.72. The molecule has 5 heteroatoms. The van der Waals surface area contributed by atoms with E-state index in [0.29, 0.717) is 0 Å². The SMILES string of the molecule is COC(O[Si](c1ccccc1)(c1ccccc1)C(C)(C)C)C1CC(C(N)=O)C1. The number of ether oxygens (including phenoxy) is 1. The average molecular weight is 398 g/mol. The summed E-state index contributed by atoms with van der Waals surface area (Å²) in [4.78, 5) is 11.5. The molecule has 1 aliphatic carbocycles. The molecule has 3 rings (SSSR count). The van der Waals surface area contributed by atoms with E-state index in [1.54, 1.807) is 7.11 Å². The standard InChI is InChI=1S/C23H31NO3Si/c1-23(2,3)28(19-11-7-5-8-12-19,20-13-9-6-10-14-20)27-22(26-4)18-15-17(16-18)21(24)25/h5-14,17-18,22H,15-16H2,1-4H3,(H2,24,25). The van der Waals surface area contributed by atoms with Crippen LogP contribution in [0, 0.1) is 11.8 Å². The van der Waals surface area contributed by atoms with E-state index in [4.69, 9.17) is 14.9 Å². The highest BCUT2D eigenvalue weighted by Gasteiger charge is 2.53. The van der Waals surface area contributed by atoms with E-state index in [1.807, 2.05) is 12.1 Å². The monoisotopic (exact) mass is 397 g/mol. The number of carbonyl (C=O) groups is 1. The molecule has 2 aromatic carbocycles. The van der Waals surface area contributed by atoms with Gasteiger partial charge in [-0.15, -0.1) is 0 Å². The van der Waals surface area contributed by atoms with Crippen LogP contribution in [0.5, 0.6) is 0 Å². The first-order valence-corrected chi connectivity index (χ1v) is 11.8. The maximum Gasteiger partial charge on any atom is 0.264 e. The Kier molecular flexibility index (Phi) is 6.08. The summed E-state index contributed by atoms with van der Waals surface area (Å²) in [5, 5.41) is 2.34. The van der Waals surface area contributed by atoms with E-state index < -0.39 is 8.32 Å². The van der Waals surface area contributed by atoms with Gasteiger partial charge in [0.05, 0.1) is 0 Å². The molecule has 0 heterocycles. The van der Waals surface area contributed by atoms with Crippen LogP contribution < -0.4 is 16.1 Å². The lowest BCUT2D eigenvalue weighted by Gasteiger charge is -2.48. The number of rotatable bonds is 7. The van der Waals surface area contributed by atoms with Crippen molar-refractivity contribution in [2.45, 2.75) is 44.9 Å². The van der Waals surface area contributed by atoms with Crippen LogP contribution in [0.25, 0.3) is 0 Å². The van der Waals surface area contributed by atoms with Gasteiger partial charge in [-0.05, 0) is 28.3 Å². The molecule has 0 saturated heterocycles. The van der Waals surface area contributed by atoms with Crippen LogP contribution >= 0.6 is 0 Å². The van der Waals surface area contributed by atoms with E-state index in [-0.39, 0.29) is 29.1 Å². The van der Waals surface area contributed by atoms with Gasteiger partial charge in [-0.25, -0.2) is 0 Å². The lowest BCUT2D eigenvalue weighted by atomic mass is 9.74. The number of hydrogen-bond donors (Lipinski definition) is 1. The van der Waals surface area contributed by atoms with Crippen molar-refractivity contribution >= 4 is 24.6 Å². The molecule has 28 heavy (non-hydrogen) atoms. The molecule has 4 nitrogen and oxygen atoms in total. The van der Waals surface area contributed by atoms with Gasteiger partial charge in [0.15, 0.2) is 6.29 Å². The third-order valence-electron chi connectivity index (χ3n) is 5.90. The molecule has 2 N–H and O–H groups in total. The van der Waals surface area contributed by atoms with Gasteiger partial charge in [-0.2, -0.15) is 0 Å². The zero-order valence-electron chi connectivity index (χ0n) is 17.2. The first-order chi connectivity index (χ1) is 13.3. The maximum absolute atomic E-state index is 11.5. The van der Waals surface area contributed by atoms with Gasteiger partial charge in [0.1, 0.15) is 0 Å². The predicted molar refractivity (Wildman–Crippen MR) is 115 cm³/mol. The first kappa shape index (κ1) is 20.8. The largest absolute Gasteiger partial charge is 0.382 e. The second kappa shape index (κ2) is 8.19. The van der Waals surface area contributed by atoms with Crippen molar-refractivity contribution in [2.24, 2.45) is 17.6 Å². The maximum atomic E-state index is 11.5. The van der Waals surface area contributed by atoms with Gasteiger partial charge < -0.3 is 14.9 Å². The molecule has 0 radical (unpaired) electrons. The van der Waals surface area contributed by atoms with Crippen LogP contribution in [-0.4, -0.2) is 27.6 Å². The van der Waals surface area contributed by atoms with Gasteiger partial charge in [-0.1, -0.05) is 81.4 Å². The van der Waals surface area contributed by atoms with Gasteiger partial charge in [-0.3, -0.25) is 4.79 Å². The molecule has 0 aromatic heterocycles. The number of methoxy groups -OCH3 is 1. The summed E-state index contributed by atoms with van der Waals surface area (Å²) in [6.07, 6.45) is 1.10. The summed E-state index contributed by atoms with van der Waals surface area (Å²) in [6.45, 7) is 6.75. The second-order valence-corrected chi connectivity index (χ2v) is 13.0. The molecule has 1 unspecified atom stereocenters. The molecule has 1 amide bonds. The Morgan fingerprint density at radius 2 is 1.46 bits per heavy atom. The van der Waals surface area contributed by atoms with Crippen LogP contribution in [0.2, 0.25) is 5.04 Å². The first-order valence-electron chi connectivity index (χ1n) is 9.90. The Hall–Kier alpha value is -1.95. The summed E-state index contributed by atoms with van der Waals surface area (Å²) in [7, 11) is -0.974. The molecule has 150 valence electrons. The van der Waals surface area contributed by atoms with E-state index in [0.717, 1.165) is 12.8 Å². The summed E-state index contributed by atoms with van der Waals surface area (Å²) >= 11 is 0. The number of primary amides is 1. The molecule has 2 aromatic rings. The Balaban J connectivity index is 2.04. The molecule has 1 fully saturated rings. The smallest absolute Gasteiger partial charge is 0.264 e. The summed E-state index contributed by atoms with van der Waals surface area (Å²) in [5.74, 6) is -0.105. The predicted octanol–water partition coefficient (Wildman–Crippen LogP) is 3.05. The van der Waals surface area contributed by atoms with Crippen molar-refractivity contribution < 1.29 is 14.0 Å². The minimum Gasteiger partial charge on any atom is -0.382 e. The van der Waals surface area contributed by atoms with E-state index >= 15 is 0 Å². The molecule has 0 aliphatic heterocycles. The number of amides is 1. The molecular weight excluding hydrogens is 366 g/mol. The van der Waals surface area contributed by atoms with Crippen LogP contribution in [0.3, 0.4) is 0 Å². The minimum atomic E-state index is -2.67. The fourth-order valence-electron chi connectivity index (χ4n) is 4.32. The van der Waals surface area contributed by atoms with Crippen LogP contribution in [0.15, 0.2) is 60.7 Å². The van der Waals surface area contributed by atoms with Crippen LogP contribution in [-0.2, 0) is 14.0 Å². The summed E-state index contributed by atoms with van der Waals surface area (Å²) < 4.78 is 12.9. The third kappa shape index (κ3) is 3.79. The van der Waals surface area contributed by atoms with Gasteiger partial charge in [0.25, 0.3) is 8.32 Å². The fraction of sp³-hybridized carbons (Fsp3) is 0.435. The summed E-state index contributed by atoms with van der Waals surface area (Å²) in [6, 6.07) is 21.0. The van der Waals surface area contributed by atoms with Crippen LogP contribution in [0.4, 0.5) is 0 Å². The number of carbonyl (C=O) groups excluding carboxylic acids is 1. The molecular formula is C23H31NO3Si. The molecule has 0 bridgehead atoms. The van der Waals surface area contributed by atoms with E-state index in [2.05, 4.69) is 69.3 Å².